The molecule has 1 saturated heterocycles. The number of methoxy groups -OCH3 is 1. The number of carbonyl (C=O) groups is 1. The van der Waals surface area contributed by atoms with Crippen molar-refractivity contribution in [2.24, 2.45) is 5.92 Å². The molecule has 1 unspecified atom stereocenters. The highest BCUT2D eigenvalue weighted by Gasteiger charge is 2.21. The lowest BCUT2D eigenvalue weighted by Gasteiger charge is -2.23. The Kier molecular flexibility index (Phi) is 5.87. The van der Waals surface area contributed by atoms with Crippen molar-refractivity contribution < 1.29 is 19.0 Å². The van der Waals surface area contributed by atoms with Crippen molar-refractivity contribution in [3.05, 3.63) is 24.3 Å². The zero-order chi connectivity index (χ0) is 15.1. The van der Waals surface area contributed by atoms with Gasteiger partial charge in [-0.1, -0.05) is 0 Å². The van der Waals surface area contributed by atoms with Crippen molar-refractivity contribution in [2.45, 2.75) is 13.3 Å². The van der Waals surface area contributed by atoms with Crippen molar-refractivity contribution in [1.29, 1.82) is 0 Å². The van der Waals surface area contributed by atoms with Gasteiger partial charge >= 0.3 is 0 Å². The van der Waals surface area contributed by atoms with Gasteiger partial charge in [-0.05, 0) is 37.6 Å². The fourth-order valence-corrected chi connectivity index (χ4v) is 2.35. The first kappa shape index (κ1) is 15.6. The average molecular weight is 293 g/mol. The van der Waals surface area contributed by atoms with Gasteiger partial charge < -0.3 is 19.1 Å². The standard InChI is InChI=1S/C16H23NO4/c1-3-17(10-13-8-9-20-11-13)16(18)12-21-15-6-4-14(19-2)5-7-15/h4-7,13H,3,8-12H2,1-2H3. The van der Waals surface area contributed by atoms with E-state index >= 15 is 0 Å². The first-order valence-corrected chi connectivity index (χ1v) is 7.35. The number of likely N-dealkylation sites (N-methyl/N-ethyl adjacent to an activating group) is 1. The van der Waals surface area contributed by atoms with Crippen LogP contribution in [0.15, 0.2) is 24.3 Å². The molecule has 0 spiro atoms. The van der Waals surface area contributed by atoms with Crippen LogP contribution < -0.4 is 9.47 Å². The molecule has 0 radical (unpaired) electrons. The molecule has 1 aromatic rings. The summed E-state index contributed by atoms with van der Waals surface area (Å²) in [6.45, 7) is 5.05. The van der Waals surface area contributed by atoms with E-state index in [4.69, 9.17) is 14.2 Å². The van der Waals surface area contributed by atoms with Crippen LogP contribution in [0.1, 0.15) is 13.3 Å². The summed E-state index contributed by atoms with van der Waals surface area (Å²) >= 11 is 0. The summed E-state index contributed by atoms with van der Waals surface area (Å²) in [6, 6.07) is 7.22. The summed E-state index contributed by atoms with van der Waals surface area (Å²) in [5.41, 5.74) is 0. The number of ether oxygens (including phenoxy) is 3. The largest absolute Gasteiger partial charge is 0.497 e. The number of nitrogens with zero attached hydrogens (tertiary/aromatic N) is 1. The molecule has 0 aliphatic carbocycles. The zero-order valence-corrected chi connectivity index (χ0v) is 12.7. The van der Waals surface area contributed by atoms with Crippen LogP contribution in [0.25, 0.3) is 0 Å². The van der Waals surface area contributed by atoms with Crippen LogP contribution in [-0.2, 0) is 9.53 Å². The van der Waals surface area contributed by atoms with Crippen LogP contribution in [-0.4, -0.2) is 50.8 Å². The minimum atomic E-state index is 0.0141. The molecule has 0 saturated carbocycles. The van der Waals surface area contributed by atoms with Crippen LogP contribution in [0.3, 0.4) is 0 Å². The van der Waals surface area contributed by atoms with Gasteiger partial charge in [0.15, 0.2) is 6.61 Å². The van der Waals surface area contributed by atoms with Gasteiger partial charge in [0.2, 0.25) is 0 Å². The van der Waals surface area contributed by atoms with Gasteiger partial charge in [0.05, 0.1) is 13.7 Å². The number of rotatable bonds is 7. The number of amides is 1. The Balaban J connectivity index is 1.80. The van der Waals surface area contributed by atoms with Crippen molar-refractivity contribution in [2.75, 3.05) is 40.0 Å². The highest BCUT2D eigenvalue weighted by molar-refractivity contribution is 5.77. The van der Waals surface area contributed by atoms with Crippen molar-refractivity contribution in [1.82, 2.24) is 4.90 Å². The molecule has 5 nitrogen and oxygen atoms in total. The molecule has 1 aliphatic heterocycles. The molecule has 5 heteroatoms. The van der Waals surface area contributed by atoms with E-state index in [-0.39, 0.29) is 12.5 Å². The maximum atomic E-state index is 12.2. The number of hydrogen-bond donors (Lipinski definition) is 0. The Morgan fingerprint density at radius 2 is 2.05 bits per heavy atom. The third kappa shape index (κ3) is 4.63. The summed E-state index contributed by atoms with van der Waals surface area (Å²) in [5, 5.41) is 0. The van der Waals surface area contributed by atoms with Crippen molar-refractivity contribution >= 4 is 5.91 Å². The van der Waals surface area contributed by atoms with Gasteiger partial charge in [-0.2, -0.15) is 0 Å². The Morgan fingerprint density at radius 3 is 2.62 bits per heavy atom. The van der Waals surface area contributed by atoms with E-state index in [0.29, 0.717) is 18.2 Å². The van der Waals surface area contributed by atoms with E-state index in [1.165, 1.54) is 0 Å². The summed E-state index contributed by atoms with van der Waals surface area (Å²) in [7, 11) is 1.62. The minimum absolute atomic E-state index is 0.0141. The third-order valence-corrected chi connectivity index (χ3v) is 3.66. The first-order valence-electron chi connectivity index (χ1n) is 7.35. The molecule has 21 heavy (non-hydrogen) atoms. The number of benzene rings is 1. The molecule has 1 amide bonds. The van der Waals surface area contributed by atoms with E-state index in [2.05, 4.69) is 0 Å². The maximum Gasteiger partial charge on any atom is 0.260 e. The Bertz CT molecular complexity index is 440. The summed E-state index contributed by atoms with van der Waals surface area (Å²) < 4.78 is 16.0. The molecule has 0 N–H and O–H groups in total. The number of carbonyl (C=O) groups excluding carboxylic acids is 1. The van der Waals surface area contributed by atoms with E-state index in [0.717, 1.165) is 31.9 Å². The molecule has 2 rings (SSSR count). The maximum absolute atomic E-state index is 12.2. The van der Waals surface area contributed by atoms with Crippen LogP contribution in [0.2, 0.25) is 0 Å². The molecule has 1 aliphatic rings. The summed E-state index contributed by atoms with van der Waals surface area (Å²) in [6.07, 6.45) is 1.03. The monoisotopic (exact) mass is 293 g/mol. The lowest BCUT2D eigenvalue weighted by Crippen LogP contribution is -2.38. The van der Waals surface area contributed by atoms with Crippen LogP contribution >= 0.6 is 0 Å². The van der Waals surface area contributed by atoms with Crippen molar-refractivity contribution in [3.8, 4) is 11.5 Å². The molecular formula is C16H23NO4. The van der Waals surface area contributed by atoms with Gasteiger partial charge in [0, 0.05) is 25.6 Å². The van der Waals surface area contributed by atoms with Gasteiger partial charge in [-0.25, -0.2) is 0 Å². The van der Waals surface area contributed by atoms with E-state index in [9.17, 15) is 4.79 Å². The molecule has 116 valence electrons. The fourth-order valence-electron chi connectivity index (χ4n) is 2.35. The van der Waals surface area contributed by atoms with Gasteiger partial charge in [0.25, 0.3) is 5.91 Å². The third-order valence-electron chi connectivity index (χ3n) is 3.66. The second kappa shape index (κ2) is 7.88. The summed E-state index contributed by atoms with van der Waals surface area (Å²) in [4.78, 5) is 14.0. The lowest BCUT2D eigenvalue weighted by molar-refractivity contribution is -0.133. The molecular weight excluding hydrogens is 270 g/mol. The molecule has 0 aromatic heterocycles. The predicted molar refractivity (Wildman–Crippen MR) is 79.7 cm³/mol. The van der Waals surface area contributed by atoms with Gasteiger partial charge in [-0.3, -0.25) is 4.79 Å². The summed E-state index contributed by atoms with van der Waals surface area (Å²) in [5.74, 6) is 1.91. The number of hydrogen-bond acceptors (Lipinski definition) is 4. The van der Waals surface area contributed by atoms with E-state index < -0.39 is 0 Å². The minimum Gasteiger partial charge on any atom is -0.497 e. The smallest absolute Gasteiger partial charge is 0.260 e. The van der Waals surface area contributed by atoms with Crippen LogP contribution in [0, 0.1) is 5.92 Å². The van der Waals surface area contributed by atoms with Crippen molar-refractivity contribution in [3.63, 3.8) is 0 Å². The zero-order valence-electron chi connectivity index (χ0n) is 12.7. The topological polar surface area (TPSA) is 48.0 Å². The molecule has 0 bridgehead atoms. The quantitative estimate of drug-likeness (QED) is 0.771. The van der Waals surface area contributed by atoms with Crippen LogP contribution in [0.5, 0.6) is 11.5 Å². The van der Waals surface area contributed by atoms with Gasteiger partial charge in [0.1, 0.15) is 11.5 Å². The second-order valence-electron chi connectivity index (χ2n) is 5.13. The Morgan fingerprint density at radius 1 is 1.33 bits per heavy atom. The highest BCUT2D eigenvalue weighted by atomic mass is 16.5. The van der Waals surface area contributed by atoms with E-state index in [1.54, 1.807) is 19.2 Å². The predicted octanol–water partition coefficient (Wildman–Crippen LogP) is 1.96. The normalized spacial score (nSPS) is 17.5. The average Bonchev–Trinajstić information content (AvgIpc) is 3.03. The Labute approximate surface area is 125 Å². The fraction of sp³-hybridized carbons (Fsp3) is 0.562. The second-order valence-corrected chi connectivity index (χ2v) is 5.13. The highest BCUT2D eigenvalue weighted by Crippen LogP contribution is 2.17. The molecule has 1 heterocycles. The molecule has 1 fully saturated rings. The van der Waals surface area contributed by atoms with Gasteiger partial charge in [-0.15, -0.1) is 0 Å². The SMILES string of the molecule is CCN(CC1CCOC1)C(=O)COc1ccc(OC)cc1. The van der Waals surface area contributed by atoms with E-state index in [1.807, 2.05) is 24.0 Å². The first-order chi connectivity index (χ1) is 10.2. The lowest BCUT2D eigenvalue weighted by atomic mass is 10.1. The molecule has 1 atom stereocenters. The Hall–Kier alpha value is -1.75. The molecule has 1 aromatic carbocycles. The van der Waals surface area contributed by atoms with Crippen LogP contribution in [0.4, 0.5) is 0 Å².